The van der Waals surface area contributed by atoms with Gasteiger partial charge < -0.3 is 14.8 Å². The van der Waals surface area contributed by atoms with E-state index in [1.165, 1.54) is 16.7 Å². The number of carboxylic acid groups (broad SMARTS) is 1. The number of halogens is 3. The van der Waals surface area contributed by atoms with Crippen LogP contribution in [0.1, 0.15) is 13.3 Å². The fourth-order valence-electron chi connectivity index (χ4n) is 3.28. The first-order valence-corrected chi connectivity index (χ1v) is 10.3. The molecule has 0 spiro atoms. The number of aromatic nitrogens is 3. The van der Waals surface area contributed by atoms with Crippen molar-refractivity contribution < 1.29 is 27.8 Å². The number of alkyl halides is 3. The van der Waals surface area contributed by atoms with Crippen molar-refractivity contribution in [3.63, 3.8) is 0 Å². The summed E-state index contributed by atoms with van der Waals surface area (Å²) in [6.07, 6.45) is -4.57. The lowest BCUT2D eigenvalue weighted by molar-refractivity contribution is -0.274. The summed E-state index contributed by atoms with van der Waals surface area (Å²) in [5.74, 6) is -1.51. The number of fused-ring (bicyclic) bond motifs is 3. The Balaban J connectivity index is 1.92. The van der Waals surface area contributed by atoms with E-state index in [0.717, 1.165) is 23.9 Å². The monoisotopic (exact) mass is 463 g/mol. The predicted molar refractivity (Wildman–Crippen MR) is 113 cm³/mol. The standard InChI is InChI=1S/C21H16F3N3O4S/c1-2-15(19(29)30)32-20-26-16-13-5-3-4-6-14(13)25-17(16)18(28)27(20)11-7-9-12(10-8-11)31-21(22,23)24/h3-10,15,25H,2H2,1H3,(H,29,30). The van der Waals surface area contributed by atoms with Gasteiger partial charge in [-0.05, 0) is 36.8 Å². The zero-order chi connectivity index (χ0) is 23.0. The van der Waals surface area contributed by atoms with Gasteiger partial charge in [0.15, 0.2) is 5.16 Å². The molecule has 11 heteroatoms. The summed E-state index contributed by atoms with van der Waals surface area (Å²) in [5, 5.41) is 9.43. The number of nitrogens with one attached hydrogen (secondary N) is 1. The number of carboxylic acids is 1. The molecule has 166 valence electrons. The van der Waals surface area contributed by atoms with E-state index in [0.29, 0.717) is 16.4 Å². The van der Waals surface area contributed by atoms with Crippen LogP contribution >= 0.6 is 11.8 Å². The molecule has 7 nitrogen and oxygen atoms in total. The number of aromatic amines is 1. The number of thioether (sulfide) groups is 1. The van der Waals surface area contributed by atoms with E-state index in [4.69, 9.17) is 0 Å². The molecule has 0 fully saturated rings. The third kappa shape index (κ3) is 4.15. The van der Waals surface area contributed by atoms with Crippen molar-refractivity contribution in [3.05, 3.63) is 58.9 Å². The van der Waals surface area contributed by atoms with Crippen LogP contribution in [0.5, 0.6) is 5.75 Å². The molecule has 4 rings (SSSR count). The van der Waals surface area contributed by atoms with Gasteiger partial charge in [-0.3, -0.25) is 14.2 Å². The van der Waals surface area contributed by atoms with Crippen molar-refractivity contribution in [1.29, 1.82) is 0 Å². The number of hydrogen-bond acceptors (Lipinski definition) is 5. The van der Waals surface area contributed by atoms with Crippen LogP contribution in [-0.2, 0) is 4.79 Å². The Labute approximate surface area is 182 Å². The number of nitrogens with zero attached hydrogens (tertiary/aromatic N) is 2. The van der Waals surface area contributed by atoms with Crippen LogP contribution < -0.4 is 10.3 Å². The first kappa shape index (κ1) is 21.8. The normalized spacial score (nSPS) is 12.9. The Morgan fingerprint density at radius 3 is 2.53 bits per heavy atom. The van der Waals surface area contributed by atoms with Crippen molar-refractivity contribution in [3.8, 4) is 11.4 Å². The fourth-order valence-corrected chi connectivity index (χ4v) is 4.24. The number of para-hydroxylation sites is 1. The largest absolute Gasteiger partial charge is 0.573 e. The van der Waals surface area contributed by atoms with Gasteiger partial charge in [-0.15, -0.1) is 13.2 Å². The molecule has 2 aromatic heterocycles. The van der Waals surface area contributed by atoms with Gasteiger partial charge in [-0.1, -0.05) is 36.9 Å². The number of carbonyl (C=O) groups is 1. The van der Waals surface area contributed by atoms with Crippen molar-refractivity contribution in [2.75, 3.05) is 0 Å². The summed E-state index contributed by atoms with van der Waals surface area (Å²) in [4.78, 5) is 32.6. The highest BCUT2D eigenvalue weighted by Gasteiger charge is 2.31. The number of aliphatic carboxylic acids is 1. The molecule has 0 saturated heterocycles. The first-order valence-electron chi connectivity index (χ1n) is 9.47. The number of H-pyrrole nitrogens is 1. The van der Waals surface area contributed by atoms with Crippen LogP contribution in [0.15, 0.2) is 58.5 Å². The van der Waals surface area contributed by atoms with E-state index in [-0.39, 0.29) is 22.8 Å². The second kappa shape index (κ2) is 8.23. The van der Waals surface area contributed by atoms with Crippen LogP contribution in [-0.4, -0.2) is 37.2 Å². The van der Waals surface area contributed by atoms with E-state index >= 15 is 0 Å². The molecule has 1 atom stereocenters. The molecule has 2 aromatic carbocycles. The van der Waals surface area contributed by atoms with Crippen LogP contribution in [0.3, 0.4) is 0 Å². The minimum Gasteiger partial charge on any atom is -0.480 e. The second-order valence-corrected chi connectivity index (χ2v) is 7.99. The molecule has 0 bridgehead atoms. The molecule has 0 aliphatic carbocycles. The summed E-state index contributed by atoms with van der Waals surface area (Å²) in [6, 6.07) is 11.9. The molecule has 32 heavy (non-hydrogen) atoms. The van der Waals surface area contributed by atoms with Crippen LogP contribution in [0.2, 0.25) is 0 Å². The summed E-state index contributed by atoms with van der Waals surface area (Å²) >= 11 is 0.901. The quantitative estimate of drug-likeness (QED) is 0.317. The van der Waals surface area contributed by atoms with Crippen molar-refractivity contribution in [2.45, 2.75) is 30.1 Å². The van der Waals surface area contributed by atoms with Gasteiger partial charge in [0, 0.05) is 10.9 Å². The average Bonchev–Trinajstić information content (AvgIpc) is 3.11. The zero-order valence-electron chi connectivity index (χ0n) is 16.5. The maximum Gasteiger partial charge on any atom is 0.573 e. The van der Waals surface area contributed by atoms with Gasteiger partial charge in [0.05, 0.1) is 5.69 Å². The summed E-state index contributed by atoms with van der Waals surface area (Å²) < 4.78 is 42.5. The van der Waals surface area contributed by atoms with Crippen molar-refractivity contribution >= 4 is 39.7 Å². The molecule has 0 saturated carbocycles. The van der Waals surface area contributed by atoms with Crippen LogP contribution in [0.25, 0.3) is 27.6 Å². The molecule has 4 aromatic rings. The van der Waals surface area contributed by atoms with E-state index in [2.05, 4.69) is 14.7 Å². The summed E-state index contributed by atoms with van der Waals surface area (Å²) in [6.45, 7) is 1.70. The highest BCUT2D eigenvalue weighted by Crippen LogP contribution is 2.30. The Morgan fingerprint density at radius 2 is 1.91 bits per heavy atom. The Bertz CT molecular complexity index is 1360. The van der Waals surface area contributed by atoms with Gasteiger partial charge in [-0.2, -0.15) is 0 Å². The van der Waals surface area contributed by atoms with E-state index in [1.807, 2.05) is 0 Å². The van der Waals surface area contributed by atoms with Gasteiger partial charge in [0.2, 0.25) is 0 Å². The predicted octanol–water partition coefficient (Wildman–Crippen LogP) is 4.72. The third-order valence-corrected chi connectivity index (χ3v) is 6.02. The Hall–Kier alpha value is -3.47. The smallest absolute Gasteiger partial charge is 0.480 e. The minimum absolute atomic E-state index is 0.117. The Kier molecular flexibility index (Phi) is 5.59. The molecule has 0 radical (unpaired) electrons. The van der Waals surface area contributed by atoms with E-state index in [1.54, 1.807) is 31.2 Å². The number of rotatable bonds is 6. The molecule has 2 N–H and O–H groups in total. The molecule has 0 aliphatic rings. The lowest BCUT2D eigenvalue weighted by Gasteiger charge is -2.15. The number of benzene rings is 2. The van der Waals surface area contributed by atoms with E-state index < -0.39 is 28.9 Å². The molecular formula is C21H16F3N3O4S. The van der Waals surface area contributed by atoms with Gasteiger partial charge >= 0.3 is 12.3 Å². The molecule has 2 heterocycles. The highest BCUT2D eigenvalue weighted by atomic mass is 32.2. The molecular weight excluding hydrogens is 447 g/mol. The average molecular weight is 463 g/mol. The van der Waals surface area contributed by atoms with Gasteiger partial charge in [-0.25, -0.2) is 4.98 Å². The third-order valence-electron chi connectivity index (χ3n) is 4.72. The number of hydrogen-bond donors (Lipinski definition) is 2. The fraction of sp³-hybridized carbons (Fsp3) is 0.190. The van der Waals surface area contributed by atoms with Crippen molar-refractivity contribution in [1.82, 2.24) is 14.5 Å². The van der Waals surface area contributed by atoms with Crippen LogP contribution in [0.4, 0.5) is 13.2 Å². The lowest BCUT2D eigenvalue weighted by Crippen LogP contribution is -2.24. The molecule has 1 unspecified atom stereocenters. The van der Waals surface area contributed by atoms with E-state index in [9.17, 15) is 27.9 Å². The highest BCUT2D eigenvalue weighted by molar-refractivity contribution is 8.00. The van der Waals surface area contributed by atoms with Gasteiger partial charge in [0.25, 0.3) is 5.56 Å². The minimum atomic E-state index is -4.85. The Morgan fingerprint density at radius 1 is 1.22 bits per heavy atom. The van der Waals surface area contributed by atoms with Gasteiger partial charge in [0.1, 0.15) is 22.0 Å². The lowest BCUT2D eigenvalue weighted by atomic mass is 10.2. The molecule has 0 amide bonds. The summed E-state index contributed by atoms with van der Waals surface area (Å²) in [5.41, 5.74) is 0.995. The van der Waals surface area contributed by atoms with Crippen molar-refractivity contribution in [2.24, 2.45) is 0 Å². The topological polar surface area (TPSA) is 97.2 Å². The zero-order valence-corrected chi connectivity index (χ0v) is 17.3. The van der Waals surface area contributed by atoms with Crippen LogP contribution in [0, 0.1) is 0 Å². The number of ether oxygens (including phenoxy) is 1. The SMILES string of the molecule is CCC(Sc1nc2c([nH]c3ccccc32)c(=O)n1-c1ccc(OC(F)(F)F)cc1)C(=O)O. The maximum atomic E-state index is 13.4. The first-order chi connectivity index (χ1) is 15.2. The summed E-state index contributed by atoms with van der Waals surface area (Å²) in [7, 11) is 0. The molecule has 0 aliphatic heterocycles. The second-order valence-electron chi connectivity index (χ2n) is 6.82. The maximum absolute atomic E-state index is 13.4.